The lowest BCUT2D eigenvalue weighted by Gasteiger charge is -2.25. The third-order valence-electron chi connectivity index (χ3n) is 3.13. The Labute approximate surface area is 131 Å². The first kappa shape index (κ1) is 18.8. The van der Waals surface area contributed by atoms with Crippen LogP contribution in [-0.4, -0.2) is 28.9 Å². The van der Waals surface area contributed by atoms with Crippen molar-refractivity contribution in [3.63, 3.8) is 0 Å². The maximum absolute atomic E-state index is 12.2. The van der Waals surface area contributed by atoms with E-state index in [0.29, 0.717) is 6.42 Å². The average molecular weight is 333 g/mol. The highest BCUT2D eigenvalue weighted by molar-refractivity contribution is 5.87. The molecule has 0 spiro atoms. The number of hydrogen-bond acceptors (Lipinski definition) is 3. The molecule has 23 heavy (non-hydrogen) atoms. The van der Waals surface area contributed by atoms with Crippen LogP contribution in [0.2, 0.25) is 0 Å². The van der Waals surface area contributed by atoms with E-state index in [4.69, 9.17) is 0 Å². The molecular weight excluding hydrogens is 315 g/mol. The fourth-order valence-electron chi connectivity index (χ4n) is 2.11. The number of benzene rings is 1. The molecular formula is C15H18F3NO4. The molecule has 0 saturated carbocycles. The van der Waals surface area contributed by atoms with E-state index in [-0.39, 0.29) is 18.4 Å². The largest absolute Gasteiger partial charge is 0.573 e. The van der Waals surface area contributed by atoms with E-state index in [1.807, 2.05) is 0 Å². The van der Waals surface area contributed by atoms with Crippen molar-refractivity contribution in [1.82, 2.24) is 5.32 Å². The van der Waals surface area contributed by atoms with Gasteiger partial charge in [-0.1, -0.05) is 25.5 Å². The van der Waals surface area contributed by atoms with E-state index in [0.717, 1.165) is 12.1 Å². The first-order valence-corrected chi connectivity index (χ1v) is 6.95. The minimum atomic E-state index is -4.82. The second kappa shape index (κ2) is 7.34. The van der Waals surface area contributed by atoms with Gasteiger partial charge in [0.15, 0.2) is 0 Å². The second-order valence-corrected chi connectivity index (χ2v) is 5.31. The molecule has 0 aromatic heterocycles. The van der Waals surface area contributed by atoms with Crippen LogP contribution in [0.3, 0.4) is 0 Å². The molecule has 0 heterocycles. The monoisotopic (exact) mass is 333 g/mol. The zero-order chi connectivity index (χ0) is 17.7. The van der Waals surface area contributed by atoms with Crippen LogP contribution in [0.15, 0.2) is 24.3 Å². The normalized spacial score (nSPS) is 14.0. The summed E-state index contributed by atoms with van der Waals surface area (Å²) in [6.45, 7) is 3.17. The van der Waals surface area contributed by atoms with Gasteiger partial charge >= 0.3 is 12.3 Å². The Morgan fingerprint density at radius 3 is 2.48 bits per heavy atom. The van der Waals surface area contributed by atoms with Crippen molar-refractivity contribution in [2.75, 3.05) is 0 Å². The molecule has 5 nitrogen and oxygen atoms in total. The molecule has 0 aliphatic heterocycles. The molecule has 0 aliphatic rings. The summed E-state index contributed by atoms with van der Waals surface area (Å²) in [4.78, 5) is 23.2. The summed E-state index contributed by atoms with van der Waals surface area (Å²) in [6, 6.07) is 4.99. The number of carboxylic acids is 1. The zero-order valence-electron chi connectivity index (χ0n) is 12.7. The molecule has 0 radical (unpaired) electrons. The van der Waals surface area contributed by atoms with Crippen LogP contribution < -0.4 is 10.1 Å². The van der Waals surface area contributed by atoms with E-state index >= 15 is 0 Å². The Hall–Kier alpha value is -2.25. The quantitative estimate of drug-likeness (QED) is 0.804. The number of ether oxygens (including phenoxy) is 1. The van der Waals surface area contributed by atoms with E-state index in [2.05, 4.69) is 10.1 Å². The van der Waals surface area contributed by atoms with Crippen LogP contribution in [0.25, 0.3) is 0 Å². The number of nitrogens with one attached hydrogen (secondary N) is 1. The van der Waals surface area contributed by atoms with Gasteiger partial charge in [0.25, 0.3) is 0 Å². The molecule has 0 aliphatic carbocycles. The van der Waals surface area contributed by atoms with Crippen molar-refractivity contribution in [2.24, 2.45) is 0 Å². The minimum absolute atomic E-state index is 0.241. The number of hydrogen-bond donors (Lipinski definition) is 2. The standard InChI is InChI=1S/C15H18F3NO4/c1-3-7-14(2,13(21)22)19-12(20)9-10-5-4-6-11(8-10)23-15(16,17)18/h4-6,8H,3,7,9H2,1-2H3,(H,19,20)(H,21,22). The number of amides is 1. The molecule has 1 unspecified atom stereocenters. The third kappa shape index (κ3) is 6.17. The van der Waals surface area contributed by atoms with Gasteiger partial charge in [-0.15, -0.1) is 13.2 Å². The zero-order valence-corrected chi connectivity index (χ0v) is 12.7. The van der Waals surface area contributed by atoms with E-state index in [1.165, 1.54) is 19.1 Å². The maximum Gasteiger partial charge on any atom is 0.573 e. The van der Waals surface area contributed by atoms with Crippen LogP contribution in [0.4, 0.5) is 13.2 Å². The Bertz CT molecular complexity index is 574. The number of carboxylic acid groups (broad SMARTS) is 1. The Morgan fingerprint density at radius 2 is 1.96 bits per heavy atom. The van der Waals surface area contributed by atoms with E-state index < -0.39 is 29.5 Å². The number of halogens is 3. The SMILES string of the molecule is CCCC(C)(NC(=O)Cc1cccc(OC(F)(F)F)c1)C(=O)O. The van der Waals surface area contributed by atoms with Crippen molar-refractivity contribution in [2.45, 2.75) is 45.0 Å². The van der Waals surface area contributed by atoms with Gasteiger partial charge in [0.2, 0.25) is 5.91 Å². The van der Waals surface area contributed by atoms with Crippen molar-refractivity contribution in [3.8, 4) is 5.75 Å². The van der Waals surface area contributed by atoms with E-state index in [1.54, 1.807) is 6.92 Å². The summed E-state index contributed by atoms with van der Waals surface area (Å²) < 4.78 is 40.3. The van der Waals surface area contributed by atoms with Crippen LogP contribution in [-0.2, 0) is 16.0 Å². The fraction of sp³-hybridized carbons (Fsp3) is 0.467. The molecule has 1 aromatic rings. The Kier molecular flexibility index (Phi) is 6.00. The molecule has 8 heteroatoms. The molecule has 0 fully saturated rings. The van der Waals surface area contributed by atoms with Gasteiger partial charge in [-0.25, -0.2) is 4.79 Å². The highest BCUT2D eigenvalue weighted by atomic mass is 19.4. The van der Waals surface area contributed by atoms with Gasteiger partial charge in [0.1, 0.15) is 11.3 Å². The number of carbonyl (C=O) groups is 2. The summed E-state index contributed by atoms with van der Waals surface area (Å²) in [7, 11) is 0. The van der Waals surface area contributed by atoms with Gasteiger partial charge in [0, 0.05) is 0 Å². The van der Waals surface area contributed by atoms with Crippen LogP contribution >= 0.6 is 0 Å². The number of rotatable bonds is 7. The first-order chi connectivity index (χ1) is 10.6. The van der Waals surface area contributed by atoms with Crippen LogP contribution in [0.1, 0.15) is 32.3 Å². The number of aliphatic carboxylic acids is 1. The summed E-state index contributed by atoms with van der Waals surface area (Å²) in [6.07, 6.45) is -4.27. The summed E-state index contributed by atoms with van der Waals surface area (Å²) in [5.41, 5.74) is -1.13. The van der Waals surface area contributed by atoms with Crippen molar-refractivity contribution in [3.05, 3.63) is 29.8 Å². The molecule has 2 N–H and O–H groups in total. The van der Waals surface area contributed by atoms with Gasteiger partial charge in [-0.2, -0.15) is 0 Å². The Balaban J connectivity index is 2.77. The third-order valence-corrected chi connectivity index (χ3v) is 3.13. The topological polar surface area (TPSA) is 75.6 Å². The lowest BCUT2D eigenvalue weighted by molar-refractivity contribution is -0.274. The van der Waals surface area contributed by atoms with Gasteiger partial charge in [0.05, 0.1) is 6.42 Å². The highest BCUT2D eigenvalue weighted by Gasteiger charge is 2.34. The fourth-order valence-corrected chi connectivity index (χ4v) is 2.11. The lowest BCUT2D eigenvalue weighted by Crippen LogP contribution is -2.52. The van der Waals surface area contributed by atoms with Crippen LogP contribution in [0.5, 0.6) is 5.75 Å². The summed E-state index contributed by atoms with van der Waals surface area (Å²) in [5.74, 6) is -2.19. The van der Waals surface area contributed by atoms with Gasteiger partial charge < -0.3 is 15.2 Å². The molecule has 0 saturated heterocycles. The summed E-state index contributed by atoms with van der Waals surface area (Å²) >= 11 is 0. The predicted molar refractivity (Wildman–Crippen MR) is 75.9 cm³/mol. The lowest BCUT2D eigenvalue weighted by atomic mass is 9.96. The minimum Gasteiger partial charge on any atom is -0.480 e. The number of alkyl halides is 3. The van der Waals surface area contributed by atoms with Crippen molar-refractivity contribution in [1.29, 1.82) is 0 Å². The van der Waals surface area contributed by atoms with E-state index in [9.17, 15) is 27.9 Å². The molecule has 128 valence electrons. The molecule has 1 atom stereocenters. The van der Waals surface area contributed by atoms with Crippen molar-refractivity contribution < 1.29 is 32.6 Å². The first-order valence-electron chi connectivity index (χ1n) is 6.95. The molecule has 0 bridgehead atoms. The van der Waals surface area contributed by atoms with Crippen molar-refractivity contribution >= 4 is 11.9 Å². The smallest absolute Gasteiger partial charge is 0.480 e. The number of carbonyl (C=O) groups excluding carboxylic acids is 1. The highest BCUT2D eigenvalue weighted by Crippen LogP contribution is 2.23. The molecule has 1 rings (SSSR count). The molecule has 1 aromatic carbocycles. The average Bonchev–Trinajstić information content (AvgIpc) is 2.36. The van der Waals surface area contributed by atoms with Crippen LogP contribution in [0, 0.1) is 0 Å². The maximum atomic E-state index is 12.2. The summed E-state index contributed by atoms with van der Waals surface area (Å²) in [5, 5.41) is 11.6. The second-order valence-electron chi connectivity index (χ2n) is 5.31. The Morgan fingerprint density at radius 1 is 1.30 bits per heavy atom. The van der Waals surface area contributed by atoms with Gasteiger partial charge in [-0.3, -0.25) is 4.79 Å². The molecule has 1 amide bonds. The predicted octanol–water partition coefficient (Wildman–Crippen LogP) is 2.89. The van der Waals surface area contributed by atoms with Gasteiger partial charge in [-0.05, 0) is 31.0 Å².